The number of nitrogens with zero attached hydrogens (tertiary/aromatic N) is 3. The summed E-state index contributed by atoms with van der Waals surface area (Å²) in [5.41, 5.74) is 7.27. The number of anilines is 3. The molecule has 2 aliphatic heterocycles. The molecule has 4 rings (SSSR count). The van der Waals surface area contributed by atoms with E-state index in [2.05, 4.69) is 15.2 Å². The molecule has 0 unspecified atom stereocenters. The van der Waals surface area contributed by atoms with Crippen molar-refractivity contribution in [3.8, 4) is 0 Å². The number of carbonyl (C=O) groups excluding carboxylic acids is 2. The predicted octanol–water partition coefficient (Wildman–Crippen LogP) is 1.47. The van der Waals surface area contributed by atoms with Crippen molar-refractivity contribution in [2.75, 3.05) is 54.5 Å². The third kappa shape index (κ3) is 4.34. The Kier molecular flexibility index (Phi) is 5.66. The number of benzene rings is 1. The van der Waals surface area contributed by atoms with Crippen molar-refractivity contribution in [3.63, 3.8) is 0 Å². The second-order valence-corrected chi connectivity index (χ2v) is 7.25. The average Bonchev–Trinajstić information content (AvgIpc) is 3.25. The number of piperidine rings is 1. The molecule has 2 fully saturated rings. The van der Waals surface area contributed by atoms with Crippen LogP contribution in [0.25, 0.3) is 0 Å². The van der Waals surface area contributed by atoms with Gasteiger partial charge in [0, 0.05) is 32.1 Å². The van der Waals surface area contributed by atoms with Crippen LogP contribution in [0.3, 0.4) is 0 Å². The van der Waals surface area contributed by atoms with Gasteiger partial charge in [-0.15, -0.1) is 0 Å². The molecule has 1 aromatic carbocycles. The van der Waals surface area contributed by atoms with Crippen LogP contribution in [0.1, 0.15) is 23.3 Å². The van der Waals surface area contributed by atoms with Crippen LogP contribution in [0.5, 0.6) is 0 Å². The number of carbonyl (C=O) groups is 2. The molecule has 29 heavy (non-hydrogen) atoms. The van der Waals surface area contributed by atoms with Crippen LogP contribution in [0.2, 0.25) is 0 Å². The fourth-order valence-corrected chi connectivity index (χ4v) is 3.71. The molecule has 0 radical (unpaired) electrons. The SMILES string of the molecule is NC(=O)C1CCN(c2ccccc2NC(=O)c2coc(N3CCOCC3)n2)CC1. The molecule has 1 aromatic heterocycles. The number of ether oxygens (including phenoxy) is 1. The first-order chi connectivity index (χ1) is 14.1. The maximum absolute atomic E-state index is 12.7. The highest BCUT2D eigenvalue weighted by molar-refractivity contribution is 6.04. The second-order valence-electron chi connectivity index (χ2n) is 7.25. The molecule has 0 saturated carbocycles. The van der Waals surface area contributed by atoms with Crippen molar-refractivity contribution < 1.29 is 18.7 Å². The van der Waals surface area contributed by atoms with Crippen molar-refractivity contribution in [1.29, 1.82) is 0 Å². The fourth-order valence-electron chi connectivity index (χ4n) is 3.71. The first kappa shape index (κ1) is 19.3. The van der Waals surface area contributed by atoms with Gasteiger partial charge in [0.2, 0.25) is 5.91 Å². The van der Waals surface area contributed by atoms with Gasteiger partial charge < -0.3 is 30.0 Å². The summed E-state index contributed by atoms with van der Waals surface area (Å²) >= 11 is 0. The number of oxazole rings is 1. The maximum Gasteiger partial charge on any atom is 0.298 e. The Balaban J connectivity index is 1.44. The third-order valence-corrected chi connectivity index (χ3v) is 5.40. The van der Waals surface area contributed by atoms with E-state index in [1.807, 2.05) is 29.2 Å². The minimum absolute atomic E-state index is 0.0817. The molecule has 0 bridgehead atoms. The van der Waals surface area contributed by atoms with Crippen LogP contribution in [0.15, 0.2) is 34.9 Å². The first-order valence-corrected chi connectivity index (χ1v) is 9.84. The van der Waals surface area contributed by atoms with Gasteiger partial charge in [0.05, 0.1) is 24.6 Å². The number of aromatic nitrogens is 1. The molecule has 3 N–H and O–H groups in total. The summed E-state index contributed by atoms with van der Waals surface area (Å²) in [5, 5.41) is 2.94. The molecule has 9 heteroatoms. The van der Waals surface area contributed by atoms with Crippen LogP contribution < -0.4 is 20.9 Å². The van der Waals surface area contributed by atoms with E-state index in [1.54, 1.807) is 0 Å². The third-order valence-electron chi connectivity index (χ3n) is 5.40. The Morgan fingerprint density at radius 2 is 1.79 bits per heavy atom. The number of primary amides is 1. The molecule has 2 saturated heterocycles. The Hall–Kier alpha value is -3.07. The zero-order valence-electron chi connectivity index (χ0n) is 16.2. The van der Waals surface area contributed by atoms with Gasteiger partial charge in [-0.1, -0.05) is 12.1 Å². The van der Waals surface area contributed by atoms with Gasteiger partial charge >= 0.3 is 0 Å². The normalized spacial score (nSPS) is 17.9. The number of morpholine rings is 1. The van der Waals surface area contributed by atoms with Crippen LogP contribution in [0, 0.1) is 5.92 Å². The molecule has 0 spiro atoms. The molecular weight excluding hydrogens is 374 g/mol. The zero-order valence-corrected chi connectivity index (χ0v) is 16.2. The van der Waals surface area contributed by atoms with Crippen LogP contribution >= 0.6 is 0 Å². The topological polar surface area (TPSA) is 114 Å². The predicted molar refractivity (Wildman–Crippen MR) is 108 cm³/mol. The monoisotopic (exact) mass is 399 g/mol. The lowest BCUT2D eigenvalue weighted by Gasteiger charge is -2.33. The Morgan fingerprint density at radius 3 is 2.52 bits per heavy atom. The summed E-state index contributed by atoms with van der Waals surface area (Å²) in [5.74, 6) is -0.650. The van der Waals surface area contributed by atoms with Gasteiger partial charge in [-0.25, -0.2) is 0 Å². The lowest BCUT2D eigenvalue weighted by atomic mass is 9.96. The van der Waals surface area contributed by atoms with E-state index in [1.165, 1.54) is 6.26 Å². The summed E-state index contributed by atoms with van der Waals surface area (Å²) in [4.78, 5) is 32.6. The highest BCUT2D eigenvalue weighted by atomic mass is 16.5. The Bertz CT molecular complexity index is 869. The number of para-hydroxylation sites is 2. The Morgan fingerprint density at radius 1 is 1.07 bits per heavy atom. The number of rotatable bonds is 5. The minimum atomic E-state index is -0.326. The quantitative estimate of drug-likeness (QED) is 0.782. The molecular formula is C20H25N5O4. The molecule has 2 aliphatic rings. The zero-order chi connectivity index (χ0) is 20.2. The molecule has 2 amide bonds. The van der Waals surface area contributed by atoms with Gasteiger partial charge in [-0.3, -0.25) is 9.59 Å². The largest absolute Gasteiger partial charge is 0.431 e. The molecule has 9 nitrogen and oxygen atoms in total. The number of nitrogens with one attached hydrogen (secondary N) is 1. The van der Waals surface area contributed by atoms with Gasteiger partial charge in [-0.2, -0.15) is 4.98 Å². The van der Waals surface area contributed by atoms with Gasteiger partial charge in [-0.05, 0) is 25.0 Å². The molecule has 2 aromatic rings. The van der Waals surface area contributed by atoms with Crippen LogP contribution in [0.4, 0.5) is 17.4 Å². The number of hydrogen-bond acceptors (Lipinski definition) is 7. The van der Waals surface area contributed by atoms with E-state index < -0.39 is 0 Å². The van der Waals surface area contributed by atoms with Crippen molar-refractivity contribution in [2.45, 2.75) is 12.8 Å². The summed E-state index contributed by atoms with van der Waals surface area (Å²) in [6.07, 6.45) is 2.80. The summed E-state index contributed by atoms with van der Waals surface area (Å²) in [6, 6.07) is 8.05. The van der Waals surface area contributed by atoms with Crippen molar-refractivity contribution in [2.24, 2.45) is 11.7 Å². The van der Waals surface area contributed by atoms with Gasteiger partial charge in [0.1, 0.15) is 6.26 Å². The van der Waals surface area contributed by atoms with E-state index in [4.69, 9.17) is 14.9 Å². The summed E-state index contributed by atoms with van der Waals surface area (Å²) in [6.45, 7) is 4.03. The van der Waals surface area contributed by atoms with E-state index in [-0.39, 0.29) is 23.4 Å². The molecule has 0 aliphatic carbocycles. The van der Waals surface area contributed by atoms with Crippen molar-refractivity contribution >= 4 is 29.2 Å². The van der Waals surface area contributed by atoms with E-state index in [0.717, 1.165) is 5.69 Å². The van der Waals surface area contributed by atoms with E-state index >= 15 is 0 Å². The fraction of sp³-hybridized carbons (Fsp3) is 0.450. The van der Waals surface area contributed by atoms with Gasteiger partial charge in [0.15, 0.2) is 5.69 Å². The summed E-state index contributed by atoms with van der Waals surface area (Å²) < 4.78 is 10.8. The second kappa shape index (κ2) is 8.52. The number of amides is 2. The average molecular weight is 399 g/mol. The molecule has 154 valence electrons. The van der Waals surface area contributed by atoms with Crippen molar-refractivity contribution in [1.82, 2.24) is 4.98 Å². The smallest absolute Gasteiger partial charge is 0.298 e. The minimum Gasteiger partial charge on any atom is -0.431 e. The number of nitrogens with two attached hydrogens (primary N) is 1. The molecule has 3 heterocycles. The maximum atomic E-state index is 12.7. The van der Waals surface area contributed by atoms with Gasteiger partial charge in [0.25, 0.3) is 11.9 Å². The van der Waals surface area contributed by atoms with Crippen molar-refractivity contribution in [3.05, 3.63) is 36.2 Å². The summed E-state index contributed by atoms with van der Waals surface area (Å²) in [7, 11) is 0. The highest BCUT2D eigenvalue weighted by Crippen LogP contribution is 2.30. The first-order valence-electron chi connectivity index (χ1n) is 9.84. The van der Waals surface area contributed by atoms with E-state index in [9.17, 15) is 9.59 Å². The highest BCUT2D eigenvalue weighted by Gasteiger charge is 2.25. The van der Waals surface area contributed by atoms with Crippen LogP contribution in [-0.2, 0) is 9.53 Å². The standard InChI is InChI=1S/C20H25N5O4/c21-18(26)14-5-7-24(8-6-14)17-4-2-1-3-15(17)22-19(27)16-13-29-20(23-16)25-9-11-28-12-10-25/h1-4,13-14H,5-12H2,(H2,21,26)(H,22,27). The Labute approximate surface area is 168 Å². The van der Waals surface area contributed by atoms with Crippen LogP contribution in [-0.4, -0.2) is 56.2 Å². The lowest BCUT2D eigenvalue weighted by Crippen LogP contribution is -2.38. The molecule has 0 atom stereocenters. The number of hydrogen-bond donors (Lipinski definition) is 2. The van der Waals surface area contributed by atoms with E-state index in [0.29, 0.717) is 63.9 Å². The lowest BCUT2D eigenvalue weighted by molar-refractivity contribution is -0.122.